The maximum absolute atomic E-state index is 12.3. The van der Waals surface area contributed by atoms with Crippen LogP contribution in [0.25, 0.3) is 6.08 Å². The van der Waals surface area contributed by atoms with E-state index in [0.717, 1.165) is 35.8 Å². The zero-order valence-electron chi connectivity index (χ0n) is 18.1. The number of piperidine rings is 1. The first kappa shape index (κ1) is 22.3. The minimum Gasteiger partial charge on any atom is -0.497 e. The van der Waals surface area contributed by atoms with E-state index in [0.29, 0.717) is 6.54 Å². The minimum atomic E-state index is -0.645. The molecule has 1 aromatic heterocycles. The van der Waals surface area contributed by atoms with Crippen LogP contribution in [0.3, 0.4) is 0 Å². The highest BCUT2D eigenvalue weighted by Gasteiger charge is 2.15. The van der Waals surface area contributed by atoms with Crippen molar-refractivity contribution in [2.45, 2.75) is 38.8 Å². The highest BCUT2D eigenvalue weighted by atomic mass is 16.5. The molecule has 2 aromatic rings. The third-order valence-corrected chi connectivity index (χ3v) is 5.25. The highest BCUT2D eigenvalue weighted by molar-refractivity contribution is 5.95. The van der Waals surface area contributed by atoms with Crippen molar-refractivity contribution >= 4 is 23.7 Å². The number of carbonyl (C=O) groups excluding carboxylic acids is 2. The molecule has 1 aliphatic heterocycles. The maximum atomic E-state index is 12.3. The lowest BCUT2D eigenvalue weighted by molar-refractivity contribution is -0.126. The van der Waals surface area contributed by atoms with E-state index in [-0.39, 0.29) is 11.8 Å². The van der Waals surface area contributed by atoms with Gasteiger partial charge < -0.3 is 20.3 Å². The van der Waals surface area contributed by atoms with E-state index in [9.17, 15) is 9.59 Å². The number of carbonyl (C=O) groups is 2. The van der Waals surface area contributed by atoms with Crippen molar-refractivity contribution < 1.29 is 14.3 Å². The average molecular weight is 423 g/mol. The Morgan fingerprint density at radius 3 is 2.52 bits per heavy atom. The monoisotopic (exact) mass is 422 g/mol. The Hall–Kier alpha value is -3.35. The molecule has 1 saturated heterocycles. The Labute approximate surface area is 183 Å². The van der Waals surface area contributed by atoms with Crippen LogP contribution in [0.5, 0.6) is 5.75 Å². The Kier molecular flexibility index (Phi) is 8.04. The van der Waals surface area contributed by atoms with Crippen LogP contribution in [0.15, 0.2) is 48.7 Å². The lowest BCUT2D eigenvalue weighted by Gasteiger charge is -2.27. The summed E-state index contributed by atoms with van der Waals surface area (Å²) in [5.74, 6) is 1.17. The van der Waals surface area contributed by atoms with E-state index < -0.39 is 6.04 Å². The van der Waals surface area contributed by atoms with Crippen LogP contribution < -0.4 is 20.3 Å². The minimum absolute atomic E-state index is 0.244. The van der Waals surface area contributed by atoms with Gasteiger partial charge in [0.1, 0.15) is 17.6 Å². The molecule has 7 heteroatoms. The van der Waals surface area contributed by atoms with Crippen molar-refractivity contribution in [2.75, 3.05) is 25.1 Å². The highest BCUT2D eigenvalue weighted by Crippen LogP contribution is 2.17. The molecule has 1 aromatic carbocycles. The van der Waals surface area contributed by atoms with Crippen molar-refractivity contribution in [1.29, 1.82) is 0 Å². The first-order valence-electron chi connectivity index (χ1n) is 10.7. The van der Waals surface area contributed by atoms with E-state index in [1.165, 1.54) is 25.3 Å². The third-order valence-electron chi connectivity index (χ3n) is 5.25. The molecule has 31 heavy (non-hydrogen) atoms. The molecule has 0 bridgehead atoms. The standard InChI is InChI=1S/C24H30N4O3/c1-18(27-23(29)13-9-19-6-10-21(31-2)11-7-19)24(30)26-17-20-8-12-22(25-16-20)28-14-4-3-5-15-28/h6-13,16,18H,3-5,14-15,17H2,1-2H3,(H,26,30)(H,27,29). The number of nitrogens with zero attached hydrogens (tertiary/aromatic N) is 2. The lowest BCUT2D eigenvalue weighted by atomic mass is 10.1. The number of aromatic nitrogens is 1. The molecule has 1 aliphatic rings. The fourth-order valence-corrected chi connectivity index (χ4v) is 3.39. The number of benzene rings is 1. The summed E-state index contributed by atoms with van der Waals surface area (Å²) < 4.78 is 5.11. The third kappa shape index (κ3) is 6.84. The van der Waals surface area contributed by atoms with Gasteiger partial charge in [-0.05, 0) is 61.6 Å². The van der Waals surface area contributed by atoms with Gasteiger partial charge in [0.25, 0.3) is 0 Å². The maximum Gasteiger partial charge on any atom is 0.244 e. The average Bonchev–Trinajstić information content (AvgIpc) is 2.82. The quantitative estimate of drug-likeness (QED) is 0.639. The summed E-state index contributed by atoms with van der Waals surface area (Å²) in [6.45, 7) is 4.13. The van der Waals surface area contributed by atoms with Gasteiger partial charge in [-0.25, -0.2) is 4.98 Å². The van der Waals surface area contributed by atoms with Crippen molar-refractivity contribution in [3.63, 3.8) is 0 Å². The van der Waals surface area contributed by atoms with Crippen molar-refractivity contribution in [3.8, 4) is 5.75 Å². The number of anilines is 1. The summed E-state index contributed by atoms with van der Waals surface area (Å²) in [4.78, 5) is 31.2. The number of hydrogen-bond acceptors (Lipinski definition) is 5. The summed E-state index contributed by atoms with van der Waals surface area (Å²) in [6, 6.07) is 10.7. The molecule has 1 fully saturated rings. The molecule has 7 nitrogen and oxygen atoms in total. The SMILES string of the molecule is COc1ccc(C=CC(=O)NC(C)C(=O)NCc2ccc(N3CCCCC3)nc2)cc1. The molecule has 2 heterocycles. The first-order chi connectivity index (χ1) is 15.0. The molecule has 2 N–H and O–H groups in total. The predicted octanol–water partition coefficient (Wildman–Crippen LogP) is 2.91. The molecule has 164 valence electrons. The van der Waals surface area contributed by atoms with Gasteiger partial charge in [-0.3, -0.25) is 9.59 Å². The number of methoxy groups -OCH3 is 1. The lowest BCUT2D eigenvalue weighted by Crippen LogP contribution is -2.44. The Morgan fingerprint density at radius 2 is 1.87 bits per heavy atom. The predicted molar refractivity (Wildman–Crippen MR) is 122 cm³/mol. The largest absolute Gasteiger partial charge is 0.497 e. The molecular weight excluding hydrogens is 392 g/mol. The Bertz CT molecular complexity index is 888. The van der Waals surface area contributed by atoms with Crippen LogP contribution in [-0.2, 0) is 16.1 Å². The van der Waals surface area contributed by atoms with Crippen LogP contribution >= 0.6 is 0 Å². The van der Waals surface area contributed by atoms with Gasteiger partial charge in [-0.2, -0.15) is 0 Å². The van der Waals surface area contributed by atoms with E-state index >= 15 is 0 Å². The topological polar surface area (TPSA) is 83.6 Å². The van der Waals surface area contributed by atoms with Gasteiger partial charge in [0.15, 0.2) is 0 Å². The first-order valence-corrected chi connectivity index (χ1v) is 10.7. The summed E-state index contributed by atoms with van der Waals surface area (Å²) in [5.41, 5.74) is 1.79. The van der Waals surface area contributed by atoms with Crippen LogP contribution in [-0.4, -0.2) is 43.0 Å². The molecule has 1 unspecified atom stereocenters. The second-order valence-corrected chi connectivity index (χ2v) is 7.63. The normalized spacial score (nSPS) is 14.8. The number of rotatable bonds is 8. The number of amides is 2. The fourth-order valence-electron chi connectivity index (χ4n) is 3.39. The second kappa shape index (κ2) is 11.2. The summed E-state index contributed by atoms with van der Waals surface area (Å²) in [7, 11) is 1.60. The van der Waals surface area contributed by atoms with Crippen molar-refractivity contribution in [1.82, 2.24) is 15.6 Å². The second-order valence-electron chi connectivity index (χ2n) is 7.63. The van der Waals surface area contributed by atoms with Crippen LogP contribution in [0.2, 0.25) is 0 Å². The molecule has 3 rings (SSSR count). The summed E-state index contributed by atoms with van der Waals surface area (Å²) in [6.07, 6.45) is 8.60. The Balaban J connectivity index is 1.43. The van der Waals surface area contributed by atoms with Crippen molar-refractivity contribution in [2.24, 2.45) is 0 Å². The van der Waals surface area contributed by atoms with E-state index in [2.05, 4.69) is 20.5 Å². The van der Waals surface area contributed by atoms with Crippen LogP contribution in [0, 0.1) is 0 Å². The van der Waals surface area contributed by atoms with Crippen LogP contribution in [0.1, 0.15) is 37.3 Å². The molecular formula is C24H30N4O3. The van der Waals surface area contributed by atoms with Crippen molar-refractivity contribution in [3.05, 3.63) is 59.8 Å². The molecule has 0 aliphatic carbocycles. The van der Waals surface area contributed by atoms with Gasteiger partial charge >= 0.3 is 0 Å². The van der Waals surface area contributed by atoms with Gasteiger partial charge in [0.2, 0.25) is 11.8 Å². The zero-order chi connectivity index (χ0) is 22.1. The fraction of sp³-hybridized carbons (Fsp3) is 0.375. The van der Waals surface area contributed by atoms with E-state index in [1.54, 1.807) is 26.3 Å². The number of nitrogens with one attached hydrogen (secondary N) is 2. The Morgan fingerprint density at radius 1 is 1.13 bits per heavy atom. The molecule has 2 amide bonds. The molecule has 1 atom stereocenters. The number of hydrogen-bond donors (Lipinski definition) is 2. The van der Waals surface area contributed by atoms with Gasteiger partial charge in [-0.15, -0.1) is 0 Å². The van der Waals surface area contributed by atoms with Gasteiger partial charge in [0, 0.05) is 31.9 Å². The summed E-state index contributed by atoms with van der Waals surface area (Å²) >= 11 is 0. The summed E-state index contributed by atoms with van der Waals surface area (Å²) in [5, 5.41) is 5.52. The van der Waals surface area contributed by atoms with Gasteiger partial charge in [0.05, 0.1) is 7.11 Å². The number of pyridine rings is 1. The van der Waals surface area contributed by atoms with E-state index in [4.69, 9.17) is 4.74 Å². The smallest absolute Gasteiger partial charge is 0.244 e. The molecule has 0 radical (unpaired) electrons. The number of ether oxygens (including phenoxy) is 1. The molecule has 0 saturated carbocycles. The zero-order valence-corrected chi connectivity index (χ0v) is 18.1. The van der Waals surface area contributed by atoms with Crippen LogP contribution in [0.4, 0.5) is 5.82 Å². The van der Waals surface area contributed by atoms with Gasteiger partial charge in [-0.1, -0.05) is 18.2 Å². The van der Waals surface area contributed by atoms with E-state index in [1.807, 2.05) is 36.4 Å². The molecule has 0 spiro atoms.